The molecule has 1 rings (SSSR count). The lowest BCUT2D eigenvalue weighted by atomic mass is 10.1. The number of nitrogen functional groups attached to an aromatic ring is 1. The molecule has 4 heteroatoms. The first kappa shape index (κ1) is 14.7. The Morgan fingerprint density at radius 2 is 1.89 bits per heavy atom. The van der Waals surface area contributed by atoms with Gasteiger partial charge >= 0.3 is 0 Å². The Morgan fingerprint density at radius 1 is 1.22 bits per heavy atom. The van der Waals surface area contributed by atoms with Crippen molar-refractivity contribution < 1.29 is 0 Å². The van der Waals surface area contributed by atoms with Crippen molar-refractivity contribution in [3.05, 3.63) is 11.4 Å². The van der Waals surface area contributed by atoms with Crippen molar-refractivity contribution in [1.29, 1.82) is 0 Å². The quantitative estimate of drug-likeness (QED) is 0.843. The number of aromatic nitrogens is 2. The van der Waals surface area contributed by atoms with E-state index in [0.29, 0.717) is 11.9 Å². The molecule has 0 spiro atoms. The number of hydrogen-bond donors (Lipinski definition) is 1. The van der Waals surface area contributed by atoms with E-state index in [0.717, 1.165) is 36.5 Å². The molecule has 0 radical (unpaired) electrons. The van der Waals surface area contributed by atoms with Gasteiger partial charge in [-0.25, -0.2) is 9.97 Å². The zero-order valence-corrected chi connectivity index (χ0v) is 12.3. The van der Waals surface area contributed by atoms with Crippen molar-refractivity contribution in [2.75, 3.05) is 17.7 Å². The SMILES string of the molecule is CCCc1nc(N)c(C)c(N(C)C(C)CCC)n1. The van der Waals surface area contributed by atoms with Gasteiger partial charge in [0.2, 0.25) is 0 Å². The molecule has 1 unspecified atom stereocenters. The van der Waals surface area contributed by atoms with E-state index >= 15 is 0 Å². The zero-order valence-electron chi connectivity index (χ0n) is 12.3. The van der Waals surface area contributed by atoms with Gasteiger partial charge in [0.1, 0.15) is 17.5 Å². The molecule has 0 saturated carbocycles. The molecule has 0 saturated heterocycles. The average Bonchev–Trinajstić information content (AvgIpc) is 2.33. The molecular formula is C14H26N4. The summed E-state index contributed by atoms with van der Waals surface area (Å²) in [4.78, 5) is 11.2. The monoisotopic (exact) mass is 250 g/mol. The predicted molar refractivity (Wildman–Crippen MR) is 77.9 cm³/mol. The Labute approximate surface area is 111 Å². The predicted octanol–water partition coefficient (Wildman–Crippen LogP) is 2.94. The van der Waals surface area contributed by atoms with Crippen LogP contribution in [0.3, 0.4) is 0 Å². The van der Waals surface area contributed by atoms with Gasteiger partial charge in [0.25, 0.3) is 0 Å². The highest BCUT2D eigenvalue weighted by Gasteiger charge is 2.16. The fourth-order valence-corrected chi connectivity index (χ4v) is 2.07. The van der Waals surface area contributed by atoms with Crippen LogP contribution in [-0.2, 0) is 6.42 Å². The lowest BCUT2D eigenvalue weighted by Gasteiger charge is -2.27. The van der Waals surface area contributed by atoms with Crippen LogP contribution in [0, 0.1) is 6.92 Å². The van der Waals surface area contributed by atoms with E-state index in [-0.39, 0.29) is 0 Å². The van der Waals surface area contributed by atoms with E-state index in [4.69, 9.17) is 5.73 Å². The summed E-state index contributed by atoms with van der Waals surface area (Å²) in [5.41, 5.74) is 6.97. The van der Waals surface area contributed by atoms with E-state index in [1.165, 1.54) is 6.42 Å². The molecule has 4 nitrogen and oxygen atoms in total. The second-order valence-corrected chi connectivity index (χ2v) is 4.97. The highest BCUT2D eigenvalue weighted by atomic mass is 15.2. The van der Waals surface area contributed by atoms with E-state index in [2.05, 4.69) is 42.7 Å². The van der Waals surface area contributed by atoms with Crippen LogP contribution in [0.5, 0.6) is 0 Å². The first-order valence-corrected chi connectivity index (χ1v) is 6.87. The third-order valence-corrected chi connectivity index (χ3v) is 3.38. The lowest BCUT2D eigenvalue weighted by molar-refractivity contribution is 0.608. The third-order valence-electron chi connectivity index (χ3n) is 3.38. The maximum Gasteiger partial charge on any atom is 0.137 e. The van der Waals surface area contributed by atoms with E-state index < -0.39 is 0 Å². The molecule has 0 aliphatic rings. The van der Waals surface area contributed by atoms with Gasteiger partial charge in [0.05, 0.1) is 0 Å². The van der Waals surface area contributed by atoms with Crippen LogP contribution in [0.1, 0.15) is 51.4 Å². The molecule has 1 aromatic rings. The van der Waals surface area contributed by atoms with Gasteiger partial charge in [0.15, 0.2) is 0 Å². The summed E-state index contributed by atoms with van der Waals surface area (Å²) >= 11 is 0. The van der Waals surface area contributed by atoms with Crippen LogP contribution in [0.4, 0.5) is 11.6 Å². The summed E-state index contributed by atoms with van der Waals surface area (Å²) < 4.78 is 0. The molecule has 0 aromatic carbocycles. The highest BCUT2D eigenvalue weighted by molar-refractivity contribution is 5.56. The summed E-state index contributed by atoms with van der Waals surface area (Å²) in [6.07, 6.45) is 4.25. The van der Waals surface area contributed by atoms with Gasteiger partial charge in [-0.2, -0.15) is 0 Å². The first-order valence-electron chi connectivity index (χ1n) is 6.87. The normalized spacial score (nSPS) is 12.5. The third kappa shape index (κ3) is 3.34. The van der Waals surface area contributed by atoms with Crippen molar-refractivity contribution in [2.45, 2.75) is 59.4 Å². The Hall–Kier alpha value is -1.32. The largest absolute Gasteiger partial charge is 0.383 e. The summed E-state index contributed by atoms with van der Waals surface area (Å²) in [5.74, 6) is 2.44. The van der Waals surface area contributed by atoms with Gasteiger partial charge in [-0.05, 0) is 26.7 Å². The molecule has 0 aliphatic heterocycles. The van der Waals surface area contributed by atoms with Crippen molar-refractivity contribution in [3.63, 3.8) is 0 Å². The molecule has 0 fully saturated rings. The van der Waals surface area contributed by atoms with Gasteiger partial charge in [0, 0.05) is 25.1 Å². The fourth-order valence-electron chi connectivity index (χ4n) is 2.07. The minimum Gasteiger partial charge on any atom is -0.383 e. The van der Waals surface area contributed by atoms with Crippen molar-refractivity contribution in [1.82, 2.24) is 9.97 Å². The summed E-state index contributed by atoms with van der Waals surface area (Å²) in [7, 11) is 2.09. The Kier molecular flexibility index (Phi) is 5.38. The smallest absolute Gasteiger partial charge is 0.137 e. The minimum absolute atomic E-state index is 0.470. The maximum atomic E-state index is 5.99. The van der Waals surface area contributed by atoms with Crippen molar-refractivity contribution in [2.24, 2.45) is 0 Å². The molecule has 0 amide bonds. The maximum absolute atomic E-state index is 5.99. The molecule has 18 heavy (non-hydrogen) atoms. The number of nitrogens with two attached hydrogens (primary N) is 1. The standard InChI is InChI=1S/C14H26N4/c1-6-8-10(3)18(5)14-11(4)13(15)16-12(17-14)9-7-2/h10H,6-9H2,1-5H3,(H2,15,16,17). The summed E-state index contributed by atoms with van der Waals surface area (Å²) in [6.45, 7) is 8.55. The molecule has 0 bridgehead atoms. The highest BCUT2D eigenvalue weighted by Crippen LogP contribution is 2.23. The van der Waals surface area contributed by atoms with Crippen LogP contribution in [0.2, 0.25) is 0 Å². The molecule has 102 valence electrons. The second-order valence-electron chi connectivity index (χ2n) is 4.97. The Morgan fingerprint density at radius 3 is 2.44 bits per heavy atom. The molecule has 2 N–H and O–H groups in total. The number of anilines is 2. The van der Waals surface area contributed by atoms with Gasteiger partial charge in [-0.3, -0.25) is 0 Å². The fraction of sp³-hybridized carbons (Fsp3) is 0.714. The van der Waals surface area contributed by atoms with Crippen molar-refractivity contribution in [3.8, 4) is 0 Å². The number of aryl methyl sites for hydroxylation is 1. The minimum atomic E-state index is 0.470. The number of nitrogens with zero attached hydrogens (tertiary/aromatic N) is 3. The summed E-state index contributed by atoms with van der Waals surface area (Å²) in [5, 5.41) is 0. The topological polar surface area (TPSA) is 55.0 Å². The Balaban J connectivity index is 3.05. The van der Waals surface area contributed by atoms with Gasteiger partial charge in [-0.15, -0.1) is 0 Å². The van der Waals surface area contributed by atoms with Crippen LogP contribution >= 0.6 is 0 Å². The van der Waals surface area contributed by atoms with Gasteiger partial charge in [-0.1, -0.05) is 20.3 Å². The van der Waals surface area contributed by atoms with Crippen LogP contribution < -0.4 is 10.6 Å². The van der Waals surface area contributed by atoms with Crippen LogP contribution in [0.25, 0.3) is 0 Å². The second kappa shape index (κ2) is 6.57. The average molecular weight is 250 g/mol. The van der Waals surface area contributed by atoms with Crippen molar-refractivity contribution >= 4 is 11.6 Å². The van der Waals surface area contributed by atoms with Gasteiger partial charge < -0.3 is 10.6 Å². The van der Waals surface area contributed by atoms with E-state index in [1.807, 2.05) is 6.92 Å². The molecule has 0 aliphatic carbocycles. The number of rotatable bonds is 6. The Bertz CT molecular complexity index is 390. The van der Waals surface area contributed by atoms with Crippen LogP contribution in [-0.4, -0.2) is 23.1 Å². The zero-order chi connectivity index (χ0) is 13.7. The molecule has 1 atom stereocenters. The lowest BCUT2D eigenvalue weighted by Crippen LogP contribution is -2.30. The number of hydrogen-bond acceptors (Lipinski definition) is 4. The summed E-state index contributed by atoms with van der Waals surface area (Å²) in [6, 6.07) is 0.470. The van der Waals surface area contributed by atoms with E-state index in [1.54, 1.807) is 0 Å². The van der Waals surface area contributed by atoms with E-state index in [9.17, 15) is 0 Å². The van der Waals surface area contributed by atoms with Crippen LogP contribution in [0.15, 0.2) is 0 Å². The molecule has 1 aromatic heterocycles. The molecular weight excluding hydrogens is 224 g/mol. The molecule has 1 heterocycles. The first-order chi connectivity index (χ1) is 8.51.